The van der Waals surface area contributed by atoms with E-state index in [4.69, 9.17) is 9.15 Å². The molecule has 0 saturated heterocycles. The molecule has 0 atom stereocenters. The van der Waals surface area contributed by atoms with Crippen LogP contribution in [0.2, 0.25) is 0 Å². The fourth-order valence-electron chi connectivity index (χ4n) is 2.67. The minimum atomic E-state index is -0.0773. The highest BCUT2D eigenvalue weighted by atomic mass is 127. The van der Waals surface area contributed by atoms with Gasteiger partial charge in [-0.2, -0.15) is 0 Å². The standard InChI is InChI=1S/C21H29N5O3.HI/c1-4-22-21(24-12-20-25-14(2)15(3)29-20)23-11-16-6-5-7-18(10-16)28-13-19(27)26-17-8-9-17;/h5-7,10,17H,4,8-9,11-13H2,1-3H3,(H,26,27)(H2,22,23,24);1H. The summed E-state index contributed by atoms with van der Waals surface area (Å²) in [6.07, 6.45) is 2.13. The van der Waals surface area contributed by atoms with Gasteiger partial charge in [0, 0.05) is 12.6 Å². The van der Waals surface area contributed by atoms with Crippen LogP contribution in [0.5, 0.6) is 5.75 Å². The highest BCUT2D eigenvalue weighted by Gasteiger charge is 2.23. The number of carbonyl (C=O) groups excluding carboxylic acids is 1. The summed E-state index contributed by atoms with van der Waals surface area (Å²) in [7, 11) is 0. The number of ether oxygens (including phenoxy) is 1. The summed E-state index contributed by atoms with van der Waals surface area (Å²) in [4.78, 5) is 20.7. The SMILES string of the molecule is CCNC(=NCc1cccc(OCC(=O)NC2CC2)c1)NCc1nc(C)c(C)o1.I. The van der Waals surface area contributed by atoms with Gasteiger partial charge in [-0.3, -0.25) is 4.79 Å². The smallest absolute Gasteiger partial charge is 0.258 e. The summed E-state index contributed by atoms with van der Waals surface area (Å²) in [5, 5.41) is 9.34. The summed E-state index contributed by atoms with van der Waals surface area (Å²) in [5.74, 6) is 2.71. The highest BCUT2D eigenvalue weighted by Crippen LogP contribution is 2.18. The zero-order chi connectivity index (χ0) is 20.6. The lowest BCUT2D eigenvalue weighted by atomic mass is 10.2. The normalized spacial score (nSPS) is 13.4. The second kappa shape index (κ2) is 11.8. The van der Waals surface area contributed by atoms with Crippen molar-refractivity contribution in [2.45, 2.75) is 52.7 Å². The van der Waals surface area contributed by atoms with Crippen LogP contribution in [0, 0.1) is 13.8 Å². The molecule has 1 aliphatic carbocycles. The van der Waals surface area contributed by atoms with Crippen molar-refractivity contribution in [1.82, 2.24) is 20.9 Å². The molecule has 1 heterocycles. The Morgan fingerprint density at radius 2 is 2.10 bits per heavy atom. The minimum absolute atomic E-state index is 0. The van der Waals surface area contributed by atoms with Crippen molar-refractivity contribution in [1.29, 1.82) is 0 Å². The number of aryl methyl sites for hydroxylation is 2. The van der Waals surface area contributed by atoms with Crippen LogP contribution in [0.1, 0.15) is 42.7 Å². The number of nitrogens with one attached hydrogen (secondary N) is 3. The molecule has 0 spiro atoms. The van der Waals surface area contributed by atoms with Crippen LogP contribution in [-0.4, -0.2) is 36.0 Å². The molecule has 0 aliphatic heterocycles. The summed E-state index contributed by atoms with van der Waals surface area (Å²) < 4.78 is 11.2. The first kappa shape index (κ1) is 24.0. The first-order valence-corrected chi connectivity index (χ1v) is 9.99. The molecule has 1 aromatic heterocycles. The number of hydrogen-bond donors (Lipinski definition) is 3. The summed E-state index contributed by atoms with van der Waals surface area (Å²) >= 11 is 0. The second-order valence-corrected chi connectivity index (χ2v) is 7.08. The Morgan fingerprint density at radius 3 is 2.77 bits per heavy atom. The van der Waals surface area contributed by atoms with Gasteiger partial charge in [0.15, 0.2) is 12.6 Å². The Labute approximate surface area is 194 Å². The highest BCUT2D eigenvalue weighted by molar-refractivity contribution is 14.0. The molecule has 3 rings (SSSR count). The van der Waals surface area contributed by atoms with E-state index in [2.05, 4.69) is 25.9 Å². The van der Waals surface area contributed by atoms with Crippen molar-refractivity contribution >= 4 is 35.8 Å². The molecule has 1 saturated carbocycles. The lowest BCUT2D eigenvalue weighted by Crippen LogP contribution is -2.36. The third kappa shape index (κ3) is 7.85. The summed E-state index contributed by atoms with van der Waals surface area (Å²) in [5.41, 5.74) is 1.89. The van der Waals surface area contributed by atoms with Gasteiger partial charge in [0.1, 0.15) is 11.5 Å². The first-order valence-electron chi connectivity index (χ1n) is 9.99. The Balaban J connectivity index is 0.00000320. The summed E-state index contributed by atoms with van der Waals surface area (Å²) in [6.45, 7) is 7.54. The van der Waals surface area contributed by atoms with E-state index in [0.717, 1.165) is 36.4 Å². The van der Waals surface area contributed by atoms with E-state index in [9.17, 15) is 4.79 Å². The molecule has 2 aromatic rings. The van der Waals surface area contributed by atoms with Crippen molar-refractivity contribution < 1.29 is 13.9 Å². The molecular formula is C21H30IN5O3. The van der Waals surface area contributed by atoms with E-state index in [1.54, 1.807) is 0 Å². The van der Waals surface area contributed by atoms with Crippen LogP contribution in [0.25, 0.3) is 0 Å². The fraction of sp³-hybridized carbons (Fsp3) is 0.476. The third-order valence-corrected chi connectivity index (χ3v) is 4.45. The van der Waals surface area contributed by atoms with E-state index in [-0.39, 0.29) is 36.5 Å². The maximum absolute atomic E-state index is 11.8. The van der Waals surface area contributed by atoms with Gasteiger partial charge in [-0.15, -0.1) is 24.0 Å². The Kier molecular flexibility index (Phi) is 9.41. The Bertz CT molecular complexity index is 845. The lowest BCUT2D eigenvalue weighted by molar-refractivity contribution is -0.123. The molecule has 1 aliphatic rings. The van der Waals surface area contributed by atoms with Crippen molar-refractivity contribution in [2.24, 2.45) is 4.99 Å². The quantitative estimate of drug-likeness (QED) is 0.264. The molecule has 30 heavy (non-hydrogen) atoms. The average molecular weight is 527 g/mol. The second-order valence-electron chi connectivity index (χ2n) is 7.08. The monoisotopic (exact) mass is 527 g/mol. The van der Waals surface area contributed by atoms with Crippen molar-refractivity contribution in [3.05, 3.63) is 47.2 Å². The van der Waals surface area contributed by atoms with Crippen LogP contribution in [0.15, 0.2) is 33.7 Å². The number of nitrogens with zero attached hydrogens (tertiary/aromatic N) is 2. The van der Waals surface area contributed by atoms with Crippen LogP contribution < -0.4 is 20.7 Å². The van der Waals surface area contributed by atoms with Gasteiger partial charge in [0.25, 0.3) is 5.91 Å². The van der Waals surface area contributed by atoms with Gasteiger partial charge in [-0.1, -0.05) is 12.1 Å². The number of aromatic nitrogens is 1. The van der Waals surface area contributed by atoms with E-state index >= 15 is 0 Å². The van der Waals surface area contributed by atoms with Gasteiger partial charge in [0.05, 0.1) is 18.8 Å². The molecule has 1 amide bonds. The number of aliphatic imine (C=N–C) groups is 1. The maximum atomic E-state index is 11.8. The van der Waals surface area contributed by atoms with Crippen LogP contribution >= 0.6 is 24.0 Å². The molecular weight excluding hydrogens is 497 g/mol. The molecule has 164 valence electrons. The van der Waals surface area contributed by atoms with Crippen molar-refractivity contribution in [3.63, 3.8) is 0 Å². The molecule has 0 radical (unpaired) electrons. The molecule has 1 aromatic carbocycles. The van der Waals surface area contributed by atoms with E-state index in [1.807, 2.05) is 45.0 Å². The molecule has 8 nitrogen and oxygen atoms in total. The molecule has 3 N–H and O–H groups in total. The van der Waals surface area contributed by atoms with E-state index in [1.165, 1.54) is 0 Å². The fourth-order valence-corrected chi connectivity index (χ4v) is 2.67. The third-order valence-electron chi connectivity index (χ3n) is 4.45. The number of guanidine groups is 1. The topological polar surface area (TPSA) is 101 Å². The first-order chi connectivity index (χ1) is 14.0. The van der Waals surface area contributed by atoms with Gasteiger partial charge in [-0.25, -0.2) is 9.98 Å². The largest absolute Gasteiger partial charge is 0.484 e. The van der Waals surface area contributed by atoms with Crippen LogP contribution in [-0.2, 0) is 17.9 Å². The van der Waals surface area contributed by atoms with Gasteiger partial charge >= 0.3 is 0 Å². The van der Waals surface area contributed by atoms with Crippen molar-refractivity contribution in [2.75, 3.05) is 13.2 Å². The zero-order valence-electron chi connectivity index (χ0n) is 17.7. The number of oxazole rings is 1. The number of hydrogen-bond acceptors (Lipinski definition) is 5. The zero-order valence-corrected chi connectivity index (χ0v) is 20.0. The van der Waals surface area contributed by atoms with E-state index < -0.39 is 0 Å². The minimum Gasteiger partial charge on any atom is -0.484 e. The number of amides is 1. The molecule has 0 unspecified atom stereocenters. The van der Waals surface area contributed by atoms with E-state index in [0.29, 0.717) is 36.7 Å². The molecule has 9 heteroatoms. The molecule has 0 bridgehead atoms. The number of benzene rings is 1. The Morgan fingerprint density at radius 1 is 1.30 bits per heavy atom. The van der Waals surface area contributed by atoms with Crippen molar-refractivity contribution in [3.8, 4) is 5.75 Å². The number of rotatable bonds is 9. The van der Waals surface area contributed by atoms with Gasteiger partial charge in [-0.05, 0) is 51.3 Å². The number of carbonyl (C=O) groups is 1. The lowest BCUT2D eigenvalue weighted by Gasteiger charge is -2.10. The van der Waals surface area contributed by atoms with Crippen LogP contribution in [0.3, 0.4) is 0 Å². The van der Waals surface area contributed by atoms with Gasteiger partial charge < -0.3 is 25.1 Å². The predicted molar refractivity (Wildman–Crippen MR) is 126 cm³/mol. The molecule has 1 fully saturated rings. The number of halogens is 1. The maximum Gasteiger partial charge on any atom is 0.258 e. The average Bonchev–Trinajstić information content (AvgIpc) is 3.46. The van der Waals surface area contributed by atoms with Gasteiger partial charge in [0.2, 0.25) is 5.89 Å². The predicted octanol–water partition coefficient (Wildman–Crippen LogP) is 2.82. The Hall–Kier alpha value is -2.30. The van der Waals surface area contributed by atoms with Crippen LogP contribution in [0.4, 0.5) is 0 Å². The summed E-state index contributed by atoms with van der Waals surface area (Å²) in [6, 6.07) is 7.96.